The van der Waals surface area contributed by atoms with Crippen molar-refractivity contribution in [3.63, 3.8) is 0 Å². The Morgan fingerprint density at radius 3 is 2.94 bits per heavy atom. The predicted molar refractivity (Wildman–Crippen MR) is 118 cm³/mol. The van der Waals surface area contributed by atoms with Crippen molar-refractivity contribution in [2.24, 2.45) is 5.92 Å². The monoisotopic (exact) mass is 418 g/mol. The van der Waals surface area contributed by atoms with Crippen molar-refractivity contribution in [1.29, 1.82) is 5.26 Å². The van der Waals surface area contributed by atoms with Crippen molar-refractivity contribution in [2.45, 2.75) is 45.4 Å². The van der Waals surface area contributed by atoms with Crippen LogP contribution in [0.25, 0.3) is 10.9 Å². The summed E-state index contributed by atoms with van der Waals surface area (Å²) in [5.41, 5.74) is 4.03. The van der Waals surface area contributed by atoms with Crippen LogP contribution in [0.2, 0.25) is 0 Å². The first-order chi connectivity index (χ1) is 15.0. The highest BCUT2D eigenvalue weighted by Gasteiger charge is 2.30. The topological polar surface area (TPSA) is 99.0 Å². The highest BCUT2D eigenvalue weighted by molar-refractivity contribution is 5.91. The summed E-state index contributed by atoms with van der Waals surface area (Å²) < 4.78 is 7.42. The number of H-pyrrole nitrogens is 1. The van der Waals surface area contributed by atoms with E-state index in [0.717, 1.165) is 18.8 Å². The highest BCUT2D eigenvalue weighted by Crippen LogP contribution is 2.33. The van der Waals surface area contributed by atoms with Crippen molar-refractivity contribution in [3.8, 4) is 6.07 Å². The number of nitrogens with zero attached hydrogens (tertiary/aromatic N) is 4. The quantitative estimate of drug-likeness (QED) is 0.675. The zero-order chi connectivity index (χ0) is 21.5. The molecule has 8 heteroatoms. The van der Waals surface area contributed by atoms with Gasteiger partial charge in [-0.15, -0.1) is 0 Å². The molecule has 8 nitrogen and oxygen atoms in total. The number of pyridine rings is 1. The molecular formula is C23H26N6O2. The van der Waals surface area contributed by atoms with Gasteiger partial charge < -0.3 is 15.0 Å². The van der Waals surface area contributed by atoms with Gasteiger partial charge in [0.05, 0.1) is 30.2 Å². The molecule has 1 fully saturated rings. The second-order valence-electron chi connectivity index (χ2n) is 8.63. The summed E-state index contributed by atoms with van der Waals surface area (Å²) in [5, 5.41) is 18.2. The molecule has 0 spiro atoms. The minimum atomic E-state index is -0.224. The van der Waals surface area contributed by atoms with E-state index in [1.165, 1.54) is 11.1 Å². The van der Waals surface area contributed by atoms with Crippen LogP contribution in [0, 0.1) is 17.2 Å². The Labute approximate surface area is 180 Å². The van der Waals surface area contributed by atoms with Gasteiger partial charge in [0.25, 0.3) is 5.56 Å². The molecule has 31 heavy (non-hydrogen) atoms. The van der Waals surface area contributed by atoms with Crippen LogP contribution in [0.1, 0.15) is 37.4 Å². The summed E-state index contributed by atoms with van der Waals surface area (Å²) in [5.74, 6) is 0.295. The molecule has 2 aromatic heterocycles. The Hall–Kier alpha value is -3.15. The summed E-state index contributed by atoms with van der Waals surface area (Å²) in [6.07, 6.45) is 2.28. The number of anilines is 2. The molecule has 5 rings (SSSR count). The van der Waals surface area contributed by atoms with Gasteiger partial charge in [-0.05, 0) is 49.6 Å². The fourth-order valence-electron chi connectivity index (χ4n) is 4.55. The van der Waals surface area contributed by atoms with E-state index >= 15 is 0 Å². The SMILES string of the molecule is CC(C)N1Cc2ccc(Nc3nn([C@H]4COCC[C@@H]4C#N)c4cc[nH]c(=O)c34)cc2C1. The van der Waals surface area contributed by atoms with E-state index in [2.05, 4.69) is 47.3 Å². The average Bonchev–Trinajstić information content (AvgIpc) is 3.36. The third-order valence-electron chi connectivity index (χ3n) is 6.38. The molecule has 160 valence electrons. The maximum atomic E-state index is 12.7. The summed E-state index contributed by atoms with van der Waals surface area (Å²) >= 11 is 0. The van der Waals surface area contributed by atoms with Gasteiger partial charge in [-0.3, -0.25) is 14.4 Å². The number of ether oxygens (including phenoxy) is 1. The lowest BCUT2D eigenvalue weighted by Crippen LogP contribution is -2.30. The Bertz CT molecular complexity index is 1220. The Kier molecular flexibility index (Phi) is 5.00. The Morgan fingerprint density at radius 2 is 2.13 bits per heavy atom. The minimum Gasteiger partial charge on any atom is -0.379 e. The van der Waals surface area contributed by atoms with Gasteiger partial charge in [0.2, 0.25) is 0 Å². The van der Waals surface area contributed by atoms with Crippen molar-refractivity contribution in [3.05, 3.63) is 51.9 Å². The molecule has 0 bridgehead atoms. The number of nitrogens with one attached hydrogen (secondary N) is 2. The summed E-state index contributed by atoms with van der Waals surface area (Å²) in [4.78, 5) is 17.9. The summed E-state index contributed by atoms with van der Waals surface area (Å²) in [6.45, 7) is 7.27. The zero-order valence-corrected chi connectivity index (χ0v) is 17.8. The van der Waals surface area contributed by atoms with E-state index in [0.29, 0.717) is 42.4 Å². The second-order valence-corrected chi connectivity index (χ2v) is 8.63. The molecule has 1 aromatic carbocycles. The predicted octanol–water partition coefficient (Wildman–Crippen LogP) is 3.29. The van der Waals surface area contributed by atoms with E-state index in [-0.39, 0.29) is 17.5 Å². The molecule has 4 heterocycles. The van der Waals surface area contributed by atoms with E-state index in [4.69, 9.17) is 9.84 Å². The molecule has 0 amide bonds. The number of rotatable bonds is 4. The van der Waals surface area contributed by atoms with Crippen LogP contribution < -0.4 is 10.9 Å². The number of nitriles is 1. The lowest BCUT2D eigenvalue weighted by molar-refractivity contribution is 0.0359. The third kappa shape index (κ3) is 3.50. The lowest BCUT2D eigenvalue weighted by Gasteiger charge is -2.27. The summed E-state index contributed by atoms with van der Waals surface area (Å²) in [6, 6.07) is 10.8. The van der Waals surface area contributed by atoms with Gasteiger partial charge in [0.1, 0.15) is 5.39 Å². The number of benzene rings is 1. The van der Waals surface area contributed by atoms with Crippen molar-refractivity contribution < 1.29 is 4.74 Å². The molecule has 1 saturated heterocycles. The van der Waals surface area contributed by atoms with Crippen molar-refractivity contribution >= 4 is 22.4 Å². The van der Waals surface area contributed by atoms with E-state index in [1.807, 2.05) is 12.1 Å². The molecule has 0 aliphatic carbocycles. The number of aromatic nitrogens is 3. The van der Waals surface area contributed by atoms with Crippen LogP contribution >= 0.6 is 0 Å². The van der Waals surface area contributed by atoms with Crippen LogP contribution in [0.5, 0.6) is 0 Å². The number of aromatic amines is 1. The smallest absolute Gasteiger partial charge is 0.261 e. The molecule has 3 aromatic rings. The summed E-state index contributed by atoms with van der Waals surface area (Å²) in [7, 11) is 0. The Balaban J connectivity index is 1.52. The lowest BCUT2D eigenvalue weighted by atomic mass is 9.96. The second kappa shape index (κ2) is 7.84. The largest absolute Gasteiger partial charge is 0.379 e. The minimum absolute atomic E-state index is 0.203. The highest BCUT2D eigenvalue weighted by atomic mass is 16.5. The van der Waals surface area contributed by atoms with Crippen molar-refractivity contribution in [2.75, 3.05) is 18.5 Å². The van der Waals surface area contributed by atoms with E-state index in [9.17, 15) is 10.1 Å². The van der Waals surface area contributed by atoms with Gasteiger partial charge in [0.15, 0.2) is 5.82 Å². The van der Waals surface area contributed by atoms with Crippen LogP contribution in [0.4, 0.5) is 11.5 Å². The van der Waals surface area contributed by atoms with Gasteiger partial charge in [0, 0.05) is 37.6 Å². The molecule has 2 atom stereocenters. The van der Waals surface area contributed by atoms with Gasteiger partial charge in [-0.25, -0.2) is 0 Å². The first-order valence-corrected chi connectivity index (χ1v) is 10.8. The maximum absolute atomic E-state index is 12.7. The third-order valence-corrected chi connectivity index (χ3v) is 6.38. The molecule has 2 aliphatic heterocycles. The number of hydrogen-bond acceptors (Lipinski definition) is 6. The molecule has 2 N–H and O–H groups in total. The molecular weight excluding hydrogens is 392 g/mol. The van der Waals surface area contributed by atoms with Crippen molar-refractivity contribution in [1.82, 2.24) is 19.7 Å². The first kappa shape index (κ1) is 19.8. The molecule has 0 radical (unpaired) electrons. The van der Waals surface area contributed by atoms with E-state index in [1.54, 1.807) is 10.9 Å². The fourth-order valence-corrected chi connectivity index (χ4v) is 4.55. The maximum Gasteiger partial charge on any atom is 0.261 e. The standard InChI is InChI=1S/C23H26N6O2/c1-14(2)28-11-16-3-4-18(9-17(16)12-28)26-22-21-19(5-7-25-23(21)30)29(27-22)20-13-31-8-6-15(20)10-24/h3-5,7,9,14-15,20H,6,8,11-13H2,1-2H3,(H,25,30)(H,26,27)/t15-,20+/m1/s1. The average molecular weight is 419 g/mol. The van der Waals surface area contributed by atoms with Gasteiger partial charge in [-0.1, -0.05) is 6.07 Å². The van der Waals surface area contributed by atoms with Crippen LogP contribution in [-0.4, -0.2) is 38.9 Å². The van der Waals surface area contributed by atoms with Crippen LogP contribution in [0.15, 0.2) is 35.3 Å². The Morgan fingerprint density at radius 1 is 1.29 bits per heavy atom. The fraction of sp³-hybridized carbons (Fsp3) is 0.435. The number of fused-ring (bicyclic) bond motifs is 2. The molecule has 2 aliphatic rings. The van der Waals surface area contributed by atoms with Crippen LogP contribution in [-0.2, 0) is 17.8 Å². The van der Waals surface area contributed by atoms with Crippen LogP contribution in [0.3, 0.4) is 0 Å². The van der Waals surface area contributed by atoms with Gasteiger partial charge >= 0.3 is 0 Å². The molecule has 0 saturated carbocycles. The first-order valence-electron chi connectivity index (χ1n) is 10.8. The number of hydrogen-bond donors (Lipinski definition) is 2. The van der Waals surface area contributed by atoms with Gasteiger partial charge in [-0.2, -0.15) is 10.4 Å². The molecule has 0 unspecified atom stereocenters. The normalized spacial score (nSPS) is 21.4. The van der Waals surface area contributed by atoms with E-state index < -0.39 is 0 Å². The zero-order valence-electron chi connectivity index (χ0n) is 17.8.